The Labute approximate surface area is 124 Å². The molecule has 0 aromatic carbocycles. The summed E-state index contributed by atoms with van der Waals surface area (Å²) in [4.78, 5) is 20.3. The number of amides is 1. The fraction of sp³-hybridized carbons (Fsp3) is 0.714. The predicted molar refractivity (Wildman–Crippen MR) is 82.0 cm³/mol. The summed E-state index contributed by atoms with van der Waals surface area (Å²) in [7, 11) is 2.09. The zero-order chi connectivity index (χ0) is 14.7. The summed E-state index contributed by atoms with van der Waals surface area (Å²) >= 11 is 1.51. The van der Waals surface area contributed by atoms with Gasteiger partial charge in [0.2, 0.25) is 0 Å². The van der Waals surface area contributed by atoms with Crippen LogP contribution in [0, 0.1) is 0 Å². The Hall–Kier alpha value is -0.980. The molecule has 1 aromatic heterocycles. The highest BCUT2D eigenvalue weighted by Gasteiger charge is 2.23. The SMILES string of the molecule is CCC[C@@H](NC(=O)c1nc2c(s1)CN(C)CC2)C(C)N. The molecule has 112 valence electrons. The molecular formula is C14H24N4OS. The first-order chi connectivity index (χ1) is 9.51. The molecule has 2 rings (SSSR count). The summed E-state index contributed by atoms with van der Waals surface area (Å²) in [5.74, 6) is -0.0807. The van der Waals surface area contributed by atoms with E-state index in [1.807, 2.05) is 6.92 Å². The van der Waals surface area contributed by atoms with Crippen LogP contribution < -0.4 is 11.1 Å². The zero-order valence-corrected chi connectivity index (χ0v) is 13.3. The number of nitrogens with one attached hydrogen (secondary N) is 1. The van der Waals surface area contributed by atoms with Crippen LogP contribution in [0.15, 0.2) is 0 Å². The van der Waals surface area contributed by atoms with Crippen LogP contribution in [0.2, 0.25) is 0 Å². The number of nitrogens with two attached hydrogens (primary N) is 1. The minimum absolute atomic E-state index is 0.0242. The Morgan fingerprint density at radius 1 is 1.60 bits per heavy atom. The highest BCUT2D eigenvalue weighted by atomic mass is 32.1. The summed E-state index contributed by atoms with van der Waals surface area (Å²) in [6, 6.07) is -0.0179. The molecule has 1 aromatic rings. The second-order valence-electron chi connectivity index (χ2n) is 5.60. The Morgan fingerprint density at radius 3 is 3.00 bits per heavy atom. The maximum Gasteiger partial charge on any atom is 0.280 e. The standard InChI is InChI=1S/C14H24N4OS/c1-4-5-10(9(2)15)16-13(19)14-17-11-6-7-18(3)8-12(11)20-14/h9-10H,4-8,15H2,1-3H3,(H,16,19)/t9?,10-/m1/s1. The molecule has 6 heteroatoms. The lowest BCUT2D eigenvalue weighted by Gasteiger charge is -2.20. The lowest BCUT2D eigenvalue weighted by molar-refractivity contribution is 0.0929. The summed E-state index contributed by atoms with van der Waals surface area (Å²) in [6.45, 7) is 5.93. The third kappa shape index (κ3) is 3.56. The quantitative estimate of drug-likeness (QED) is 0.861. The molecule has 0 saturated heterocycles. The molecular weight excluding hydrogens is 272 g/mol. The molecule has 0 aliphatic carbocycles. The summed E-state index contributed by atoms with van der Waals surface area (Å²) in [5.41, 5.74) is 7.02. The van der Waals surface area contributed by atoms with Crippen molar-refractivity contribution in [3.05, 3.63) is 15.6 Å². The largest absolute Gasteiger partial charge is 0.346 e. The van der Waals surface area contributed by atoms with Gasteiger partial charge in [0.25, 0.3) is 5.91 Å². The van der Waals surface area contributed by atoms with Gasteiger partial charge in [-0.2, -0.15) is 0 Å². The van der Waals surface area contributed by atoms with Crippen molar-refractivity contribution in [2.75, 3.05) is 13.6 Å². The van der Waals surface area contributed by atoms with E-state index in [2.05, 4.69) is 29.2 Å². The molecule has 0 radical (unpaired) electrons. The lowest BCUT2D eigenvalue weighted by Crippen LogP contribution is -2.46. The van der Waals surface area contributed by atoms with Gasteiger partial charge in [-0.15, -0.1) is 11.3 Å². The second-order valence-corrected chi connectivity index (χ2v) is 6.69. The van der Waals surface area contributed by atoms with Crippen molar-refractivity contribution >= 4 is 17.2 Å². The van der Waals surface area contributed by atoms with E-state index in [1.54, 1.807) is 0 Å². The first-order valence-corrected chi connectivity index (χ1v) is 8.06. The summed E-state index contributed by atoms with van der Waals surface area (Å²) in [6.07, 6.45) is 2.84. The van der Waals surface area contributed by atoms with Gasteiger partial charge in [-0.3, -0.25) is 4.79 Å². The van der Waals surface area contributed by atoms with Crippen LogP contribution in [0.5, 0.6) is 0 Å². The first kappa shape index (κ1) is 15.4. The number of fused-ring (bicyclic) bond motifs is 1. The molecule has 3 N–H and O–H groups in total. The van der Waals surface area contributed by atoms with Crippen molar-refractivity contribution in [3.8, 4) is 0 Å². The molecule has 0 spiro atoms. The van der Waals surface area contributed by atoms with Crippen molar-refractivity contribution in [1.82, 2.24) is 15.2 Å². The Bertz CT molecular complexity index is 472. The predicted octanol–water partition coefficient (Wildman–Crippen LogP) is 1.38. The molecule has 1 aliphatic rings. The Balaban J connectivity index is 2.06. The van der Waals surface area contributed by atoms with E-state index in [0.29, 0.717) is 5.01 Å². The van der Waals surface area contributed by atoms with Crippen LogP contribution in [0.3, 0.4) is 0 Å². The van der Waals surface area contributed by atoms with Crippen LogP contribution in [0.4, 0.5) is 0 Å². The van der Waals surface area contributed by atoms with Gasteiger partial charge in [0.1, 0.15) is 0 Å². The van der Waals surface area contributed by atoms with Gasteiger partial charge >= 0.3 is 0 Å². The number of rotatable bonds is 5. The lowest BCUT2D eigenvalue weighted by atomic mass is 10.1. The molecule has 0 fully saturated rings. The molecule has 0 saturated carbocycles. The summed E-state index contributed by atoms with van der Waals surface area (Å²) < 4.78 is 0. The Kier molecular flexibility index (Phi) is 5.12. The van der Waals surface area contributed by atoms with E-state index in [-0.39, 0.29) is 18.0 Å². The van der Waals surface area contributed by atoms with Crippen LogP contribution >= 0.6 is 11.3 Å². The van der Waals surface area contributed by atoms with Crippen molar-refractivity contribution in [3.63, 3.8) is 0 Å². The molecule has 1 aliphatic heterocycles. The number of aromatic nitrogens is 1. The first-order valence-electron chi connectivity index (χ1n) is 7.24. The number of hydrogen-bond donors (Lipinski definition) is 2. The van der Waals surface area contributed by atoms with E-state index in [1.165, 1.54) is 16.2 Å². The molecule has 20 heavy (non-hydrogen) atoms. The molecule has 1 amide bonds. The number of carbonyl (C=O) groups is 1. The van der Waals surface area contributed by atoms with E-state index >= 15 is 0 Å². The smallest absolute Gasteiger partial charge is 0.280 e. The van der Waals surface area contributed by atoms with Crippen LogP contribution in [-0.2, 0) is 13.0 Å². The minimum atomic E-state index is -0.0807. The minimum Gasteiger partial charge on any atom is -0.346 e. The van der Waals surface area contributed by atoms with E-state index in [0.717, 1.165) is 38.0 Å². The normalized spacial score (nSPS) is 18.4. The molecule has 2 heterocycles. The van der Waals surface area contributed by atoms with Crippen LogP contribution in [-0.4, -0.2) is 41.5 Å². The fourth-order valence-electron chi connectivity index (χ4n) is 2.43. The van der Waals surface area contributed by atoms with E-state index < -0.39 is 0 Å². The number of carbonyl (C=O) groups excluding carboxylic acids is 1. The third-order valence-corrected chi connectivity index (χ3v) is 4.75. The third-order valence-electron chi connectivity index (χ3n) is 3.67. The van der Waals surface area contributed by atoms with Gasteiger partial charge in [-0.05, 0) is 20.4 Å². The molecule has 5 nitrogen and oxygen atoms in total. The topological polar surface area (TPSA) is 71.2 Å². The Morgan fingerprint density at radius 2 is 2.35 bits per heavy atom. The molecule has 1 unspecified atom stereocenters. The van der Waals surface area contributed by atoms with Crippen LogP contribution in [0.1, 0.15) is 47.1 Å². The second kappa shape index (κ2) is 6.65. The maximum atomic E-state index is 12.3. The number of thiazole rings is 1. The summed E-state index contributed by atoms with van der Waals surface area (Å²) in [5, 5.41) is 3.60. The van der Waals surface area contributed by atoms with Crippen molar-refractivity contribution in [1.29, 1.82) is 0 Å². The van der Waals surface area contributed by atoms with Gasteiger partial charge in [0.05, 0.1) is 5.69 Å². The number of hydrogen-bond acceptors (Lipinski definition) is 5. The van der Waals surface area contributed by atoms with E-state index in [9.17, 15) is 4.79 Å². The highest BCUT2D eigenvalue weighted by Crippen LogP contribution is 2.24. The fourth-order valence-corrected chi connectivity index (χ4v) is 3.52. The van der Waals surface area contributed by atoms with Gasteiger partial charge in [-0.25, -0.2) is 4.98 Å². The van der Waals surface area contributed by atoms with E-state index in [4.69, 9.17) is 5.73 Å². The monoisotopic (exact) mass is 296 g/mol. The number of nitrogens with zero attached hydrogens (tertiary/aromatic N) is 2. The van der Waals surface area contributed by atoms with Gasteiger partial charge in [-0.1, -0.05) is 13.3 Å². The number of likely N-dealkylation sites (N-methyl/N-ethyl adjacent to an activating group) is 1. The van der Waals surface area contributed by atoms with Crippen molar-refractivity contribution in [2.24, 2.45) is 5.73 Å². The van der Waals surface area contributed by atoms with Gasteiger partial charge in [0, 0.05) is 36.5 Å². The maximum absolute atomic E-state index is 12.3. The van der Waals surface area contributed by atoms with Crippen molar-refractivity contribution in [2.45, 2.75) is 51.7 Å². The molecule has 2 atom stereocenters. The zero-order valence-electron chi connectivity index (χ0n) is 12.5. The van der Waals surface area contributed by atoms with Gasteiger partial charge in [0.15, 0.2) is 5.01 Å². The average molecular weight is 296 g/mol. The average Bonchev–Trinajstić information content (AvgIpc) is 2.80. The molecule has 0 bridgehead atoms. The van der Waals surface area contributed by atoms with Gasteiger partial charge < -0.3 is 16.0 Å². The highest BCUT2D eigenvalue weighted by molar-refractivity contribution is 7.13. The van der Waals surface area contributed by atoms with Crippen molar-refractivity contribution < 1.29 is 4.79 Å². The van der Waals surface area contributed by atoms with Crippen LogP contribution in [0.25, 0.3) is 0 Å².